The predicted octanol–water partition coefficient (Wildman–Crippen LogP) is 3.41. The van der Waals surface area contributed by atoms with E-state index in [1.165, 1.54) is 12.1 Å². The van der Waals surface area contributed by atoms with Crippen LogP contribution in [0.4, 0.5) is 14.5 Å². The maximum atomic E-state index is 14.2. The second-order valence-electron chi connectivity index (χ2n) is 5.04. The Morgan fingerprint density at radius 2 is 1.95 bits per heavy atom. The van der Waals surface area contributed by atoms with E-state index < -0.39 is 11.6 Å². The number of benzene rings is 1. The number of halogens is 2. The number of rotatable bonds is 5. The van der Waals surface area contributed by atoms with Gasteiger partial charge in [-0.3, -0.25) is 0 Å². The molecule has 5 heteroatoms. The molecule has 0 spiro atoms. The molecule has 0 atom stereocenters. The molecule has 2 nitrogen and oxygen atoms in total. The monoisotopic (exact) mass is 300 g/mol. The van der Waals surface area contributed by atoms with Gasteiger partial charge >= 0.3 is 0 Å². The van der Waals surface area contributed by atoms with Crippen LogP contribution in [-0.2, 0) is 6.54 Å². The van der Waals surface area contributed by atoms with Crippen LogP contribution in [0.15, 0.2) is 12.1 Å². The van der Waals surface area contributed by atoms with Gasteiger partial charge in [0.2, 0.25) is 0 Å². The molecule has 1 aromatic rings. The predicted molar refractivity (Wildman–Crippen MR) is 82.5 cm³/mol. The minimum atomic E-state index is -0.440. The molecule has 0 bridgehead atoms. The largest absolute Gasteiger partial charge is 0.366 e. The summed E-state index contributed by atoms with van der Waals surface area (Å²) in [5, 5.41) is 3.16. The maximum absolute atomic E-state index is 14.2. The summed E-state index contributed by atoms with van der Waals surface area (Å²) in [5.74, 6) is 1.12. The Hall–Kier alpha value is -0.810. The summed E-state index contributed by atoms with van der Waals surface area (Å²) in [6.45, 7) is 4.88. The quantitative estimate of drug-likeness (QED) is 0.839. The van der Waals surface area contributed by atoms with Gasteiger partial charge in [-0.25, -0.2) is 8.78 Å². The van der Waals surface area contributed by atoms with E-state index in [1.54, 1.807) is 0 Å². The molecule has 2 rings (SSSR count). The molecular formula is C15H22F2N2S. The van der Waals surface area contributed by atoms with Gasteiger partial charge in [-0.05, 0) is 42.8 Å². The topological polar surface area (TPSA) is 15.3 Å². The van der Waals surface area contributed by atoms with Crippen LogP contribution in [0.5, 0.6) is 0 Å². The van der Waals surface area contributed by atoms with E-state index in [-0.39, 0.29) is 5.69 Å². The Kier molecular flexibility index (Phi) is 6.10. The van der Waals surface area contributed by atoms with Crippen LogP contribution < -0.4 is 10.2 Å². The summed E-state index contributed by atoms with van der Waals surface area (Å²) in [6.07, 6.45) is 1.98. The van der Waals surface area contributed by atoms with Crippen molar-refractivity contribution < 1.29 is 8.78 Å². The van der Waals surface area contributed by atoms with Crippen LogP contribution in [0.1, 0.15) is 25.3 Å². The Balaban J connectivity index is 2.12. The smallest absolute Gasteiger partial charge is 0.149 e. The number of anilines is 1. The van der Waals surface area contributed by atoms with Crippen molar-refractivity contribution in [3.8, 4) is 0 Å². The highest BCUT2D eigenvalue weighted by Crippen LogP contribution is 2.27. The summed E-state index contributed by atoms with van der Waals surface area (Å²) in [7, 11) is 0. The molecule has 1 aliphatic rings. The van der Waals surface area contributed by atoms with Crippen LogP contribution in [0.2, 0.25) is 0 Å². The average molecular weight is 300 g/mol. The highest BCUT2D eigenvalue weighted by Gasteiger charge is 2.19. The zero-order valence-corrected chi connectivity index (χ0v) is 12.7. The third kappa shape index (κ3) is 4.09. The average Bonchev–Trinajstić information content (AvgIpc) is 2.67. The lowest BCUT2D eigenvalue weighted by Crippen LogP contribution is -2.27. The van der Waals surface area contributed by atoms with Gasteiger partial charge in [0.1, 0.15) is 17.3 Å². The van der Waals surface area contributed by atoms with Crippen LogP contribution in [0.3, 0.4) is 0 Å². The summed E-state index contributed by atoms with van der Waals surface area (Å²) in [6, 6.07) is 2.91. The van der Waals surface area contributed by atoms with Crippen LogP contribution in [-0.4, -0.2) is 31.1 Å². The molecule has 112 valence electrons. The summed E-state index contributed by atoms with van der Waals surface area (Å²) < 4.78 is 28.4. The second-order valence-corrected chi connectivity index (χ2v) is 6.26. The van der Waals surface area contributed by atoms with Gasteiger partial charge in [-0.1, -0.05) is 6.92 Å². The lowest BCUT2D eigenvalue weighted by Gasteiger charge is -2.23. The standard InChI is InChI=1S/C15H22F2N2S/c1-2-4-18-11-12-9-13(16)15(14(17)10-12)19-5-3-7-20-8-6-19/h9-10,18H,2-8,11H2,1H3. The molecule has 1 aliphatic heterocycles. The van der Waals surface area contributed by atoms with E-state index >= 15 is 0 Å². The molecule has 1 N–H and O–H groups in total. The van der Waals surface area contributed by atoms with E-state index in [9.17, 15) is 8.78 Å². The van der Waals surface area contributed by atoms with Crippen molar-refractivity contribution >= 4 is 17.4 Å². The first kappa shape index (κ1) is 15.6. The molecule has 0 amide bonds. The zero-order chi connectivity index (χ0) is 14.4. The molecule has 0 aliphatic carbocycles. The van der Waals surface area contributed by atoms with Gasteiger partial charge in [0.15, 0.2) is 0 Å². The van der Waals surface area contributed by atoms with Crippen molar-refractivity contribution in [2.75, 3.05) is 36.0 Å². The van der Waals surface area contributed by atoms with Crippen molar-refractivity contribution in [3.05, 3.63) is 29.3 Å². The fourth-order valence-electron chi connectivity index (χ4n) is 2.40. The van der Waals surface area contributed by atoms with Crippen molar-refractivity contribution in [1.29, 1.82) is 0 Å². The van der Waals surface area contributed by atoms with Gasteiger partial charge in [-0.2, -0.15) is 11.8 Å². The van der Waals surface area contributed by atoms with Gasteiger partial charge in [-0.15, -0.1) is 0 Å². The highest BCUT2D eigenvalue weighted by molar-refractivity contribution is 7.99. The lowest BCUT2D eigenvalue weighted by atomic mass is 10.1. The summed E-state index contributed by atoms with van der Waals surface area (Å²) >= 11 is 1.85. The number of thioether (sulfide) groups is 1. The van der Waals surface area contributed by atoms with E-state index in [0.29, 0.717) is 18.7 Å². The number of nitrogens with zero attached hydrogens (tertiary/aromatic N) is 1. The fraction of sp³-hybridized carbons (Fsp3) is 0.600. The number of hydrogen-bond acceptors (Lipinski definition) is 3. The minimum absolute atomic E-state index is 0.145. The molecular weight excluding hydrogens is 278 g/mol. The summed E-state index contributed by atoms with van der Waals surface area (Å²) in [4.78, 5) is 1.84. The Bertz CT molecular complexity index is 409. The van der Waals surface area contributed by atoms with Crippen LogP contribution >= 0.6 is 11.8 Å². The van der Waals surface area contributed by atoms with Crippen molar-refractivity contribution in [2.24, 2.45) is 0 Å². The molecule has 0 unspecified atom stereocenters. The zero-order valence-electron chi connectivity index (χ0n) is 11.9. The van der Waals surface area contributed by atoms with E-state index in [0.717, 1.165) is 37.4 Å². The molecule has 1 fully saturated rings. The Labute approximate surface area is 123 Å². The Morgan fingerprint density at radius 1 is 1.20 bits per heavy atom. The van der Waals surface area contributed by atoms with Crippen molar-refractivity contribution in [1.82, 2.24) is 5.32 Å². The first-order valence-corrected chi connectivity index (χ1v) is 8.39. The molecule has 1 aromatic carbocycles. The van der Waals surface area contributed by atoms with Crippen LogP contribution in [0, 0.1) is 11.6 Å². The molecule has 1 saturated heterocycles. The van der Waals surface area contributed by atoms with E-state index in [4.69, 9.17) is 0 Å². The Morgan fingerprint density at radius 3 is 2.65 bits per heavy atom. The highest BCUT2D eigenvalue weighted by atomic mass is 32.2. The van der Waals surface area contributed by atoms with Gasteiger partial charge in [0.05, 0.1) is 0 Å². The molecule has 0 aromatic heterocycles. The van der Waals surface area contributed by atoms with E-state index in [1.807, 2.05) is 16.7 Å². The summed E-state index contributed by atoms with van der Waals surface area (Å²) in [5.41, 5.74) is 0.813. The SMILES string of the molecule is CCCNCc1cc(F)c(N2CCCSCC2)c(F)c1. The maximum Gasteiger partial charge on any atom is 0.149 e. The molecule has 0 radical (unpaired) electrons. The first-order valence-electron chi connectivity index (χ1n) is 7.23. The number of hydrogen-bond donors (Lipinski definition) is 1. The molecule has 20 heavy (non-hydrogen) atoms. The normalized spacial score (nSPS) is 16.2. The third-order valence-corrected chi connectivity index (χ3v) is 4.42. The van der Waals surface area contributed by atoms with Crippen LogP contribution in [0.25, 0.3) is 0 Å². The lowest BCUT2D eigenvalue weighted by molar-refractivity contribution is 0.565. The molecule has 0 saturated carbocycles. The minimum Gasteiger partial charge on any atom is -0.366 e. The third-order valence-electron chi connectivity index (χ3n) is 3.37. The first-order chi connectivity index (χ1) is 9.72. The fourth-order valence-corrected chi connectivity index (χ4v) is 3.29. The van der Waals surface area contributed by atoms with Gasteiger partial charge < -0.3 is 10.2 Å². The second kappa shape index (κ2) is 7.84. The van der Waals surface area contributed by atoms with Crippen molar-refractivity contribution in [3.63, 3.8) is 0 Å². The van der Waals surface area contributed by atoms with Gasteiger partial charge in [0.25, 0.3) is 0 Å². The van der Waals surface area contributed by atoms with E-state index in [2.05, 4.69) is 12.2 Å². The van der Waals surface area contributed by atoms with Gasteiger partial charge in [0, 0.05) is 25.4 Å². The number of nitrogens with one attached hydrogen (secondary N) is 1. The molecule has 1 heterocycles. The van der Waals surface area contributed by atoms with Crippen molar-refractivity contribution in [2.45, 2.75) is 26.3 Å².